The minimum Gasteiger partial charge on any atom is -0.234 e. The van der Waals surface area contributed by atoms with Gasteiger partial charge >= 0.3 is 0 Å². The van der Waals surface area contributed by atoms with E-state index in [4.69, 9.17) is 0 Å². The highest BCUT2D eigenvalue weighted by Gasteiger charge is 2.21. The number of aryl methyl sites for hydroxylation is 1. The molecule has 0 N–H and O–H groups in total. The highest BCUT2D eigenvalue weighted by molar-refractivity contribution is 7.85. The third kappa shape index (κ3) is 2.83. The van der Waals surface area contributed by atoms with Gasteiger partial charge < -0.3 is 0 Å². The van der Waals surface area contributed by atoms with Crippen molar-refractivity contribution in [3.63, 3.8) is 0 Å². The Kier molecular flexibility index (Phi) is 4.12. The average molecular weight is 311 g/mol. The van der Waals surface area contributed by atoms with Crippen LogP contribution < -0.4 is 0 Å². The van der Waals surface area contributed by atoms with E-state index >= 15 is 0 Å². The summed E-state index contributed by atoms with van der Waals surface area (Å²) in [6, 6.07) is 5.57. The van der Waals surface area contributed by atoms with Gasteiger partial charge in [0, 0.05) is 10.1 Å². The number of thiophene rings is 1. The normalized spacial score (nSPS) is 14.8. The van der Waals surface area contributed by atoms with Crippen molar-refractivity contribution < 1.29 is 8.60 Å². The third-order valence-corrected chi connectivity index (χ3v) is 5.84. The Morgan fingerprint density at radius 2 is 2.00 bits per heavy atom. The largest absolute Gasteiger partial charge is 0.234 e. The summed E-state index contributed by atoms with van der Waals surface area (Å²) in [5.74, 6) is -0.263. The highest BCUT2D eigenvalue weighted by atomic mass is 32.2. The van der Waals surface area contributed by atoms with E-state index in [2.05, 4.69) is 4.40 Å². The Morgan fingerprint density at radius 1 is 1.35 bits per heavy atom. The van der Waals surface area contributed by atoms with E-state index in [1.807, 2.05) is 39.8 Å². The molecule has 0 bridgehead atoms. The fraction of sp³-hybridized carbons (Fsp3) is 0.400. The second kappa shape index (κ2) is 5.37. The first-order valence-corrected chi connectivity index (χ1v) is 8.29. The summed E-state index contributed by atoms with van der Waals surface area (Å²) < 4.78 is 31.1. The molecule has 5 heteroatoms. The van der Waals surface area contributed by atoms with Gasteiger partial charge in [0.2, 0.25) is 0 Å². The Bertz CT molecular complexity index is 710. The van der Waals surface area contributed by atoms with Crippen LogP contribution in [-0.2, 0) is 11.0 Å². The molecule has 20 heavy (non-hydrogen) atoms. The van der Waals surface area contributed by atoms with Crippen LogP contribution >= 0.6 is 11.3 Å². The molecule has 1 aromatic heterocycles. The molecule has 0 spiro atoms. The molecular formula is C15H18FNOS2. The molecule has 1 heterocycles. The van der Waals surface area contributed by atoms with E-state index in [-0.39, 0.29) is 5.82 Å². The lowest BCUT2D eigenvalue weighted by Crippen LogP contribution is -2.20. The van der Waals surface area contributed by atoms with Gasteiger partial charge in [0.25, 0.3) is 0 Å². The summed E-state index contributed by atoms with van der Waals surface area (Å²) >= 11 is 1.37. The number of benzene rings is 1. The molecule has 0 aliphatic rings. The molecule has 0 radical (unpaired) electrons. The monoisotopic (exact) mass is 311 g/mol. The fourth-order valence-corrected chi connectivity index (χ4v) is 3.53. The Morgan fingerprint density at radius 3 is 2.55 bits per heavy atom. The van der Waals surface area contributed by atoms with Gasteiger partial charge in [-0.15, -0.1) is 11.3 Å². The van der Waals surface area contributed by atoms with Crippen molar-refractivity contribution in [3.05, 3.63) is 34.5 Å². The number of rotatable bonds is 2. The van der Waals surface area contributed by atoms with Gasteiger partial charge in [-0.1, -0.05) is 18.2 Å². The molecular weight excluding hydrogens is 293 g/mol. The minimum absolute atomic E-state index is 0.263. The van der Waals surface area contributed by atoms with Crippen LogP contribution in [0.15, 0.2) is 22.6 Å². The zero-order valence-electron chi connectivity index (χ0n) is 12.3. The molecule has 0 aliphatic carbocycles. The molecule has 0 saturated heterocycles. The van der Waals surface area contributed by atoms with Crippen molar-refractivity contribution in [3.8, 4) is 0 Å². The number of fused-ring (bicyclic) bond motifs is 1. The van der Waals surface area contributed by atoms with Crippen molar-refractivity contribution in [1.82, 2.24) is 0 Å². The summed E-state index contributed by atoms with van der Waals surface area (Å²) in [6.45, 7) is 9.23. The Balaban J connectivity index is 2.54. The Hall–Kier alpha value is -1.07. The predicted octanol–water partition coefficient (Wildman–Crippen LogP) is 4.62. The molecule has 2 rings (SSSR count). The third-order valence-electron chi connectivity index (χ3n) is 2.92. The highest BCUT2D eigenvalue weighted by Crippen LogP contribution is 2.33. The summed E-state index contributed by atoms with van der Waals surface area (Å²) in [5.41, 5.74) is 1.54. The first kappa shape index (κ1) is 15.3. The van der Waals surface area contributed by atoms with Crippen LogP contribution in [-0.4, -0.2) is 14.7 Å². The van der Waals surface area contributed by atoms with Gasteiger partial charge in [-0.05, 0) is 40.2 Å². The maximum absolute atomic E-state index is 14.4. The van der Waals surface area contributed by atoms with E-state index in [1.54, 1.807) is 13.0 Å². The lowest BCUT2D eigenvalue weighted by atomic mass is 10.1. The molecule has 108 valence electrons. The molecule has 0 saturated carbocycles. The maximum atomic E-state index is 14.4. The zero-order valence-corrected chi connectivity index (χ0v) is 13.9. The van der Waals surface area contributed by atoms with Crippen molar-refractivity contribution in [2.24, 2.45) is 4.40 Å². The van der Waals surface area contributed by atoms with Gasteiger partial charge in [0.1, 0.15) is 11.0 Å². The van der Waals surface area contributed by atoms with E-state index in [1.165, 1.54) is 11.3 Å². The Labute approximate surface area is 125 Å². The SMILES string of the molecule is CC(=N[S@](=O)C(C)(C)C)c1sc2c(C)cccc2c1F. The molecule has 2 aromatic rings. The van der Waals surface area contributed by atoms with Crippen molar-refractivity contribution >= 4 is 38.1 Å². The van der Waals surface area contributed by atoms with E-state index in [0.717, 1.165) is 10.3 Å². The van der Waals surface area contributed by atoms with Gasteiger partial charge in [-0.3, -0.25) is 0 Å². The van der Waals surface area contributed by atoms with E-state index in [9.17, 15) is 8.60 Å². The summed E-state index contributed by atoms with van der Waals surface area (Å²) in [7, 11) is -1.38. The van der Waals surface area contributed by atoms with Crippen LogP contribution in [0.1, 0.15) is 38.1 Å². The number of hydrogen-bond donors (Lipinski definition) is 0. The van der Waals surface area contributed by atoms with Crippen LogP contribution in [0, 0.1) is 12.7 Å². The molecule has 0 amide bonds. The first-order valence-electron chi connectivity index (χ1n) is 6.37. The van der Waals surface area contributed by atoms with Crippen LogP contribution in [0.25, 0.3) is 10.1 Å². The van der Waals surface area contributed by atoms with Gasteiger partial charge in [0.15, 0.2) is 5.82 Å². The average Bonchev–Trinajstić information content (AvgIpc) is 2.67. The second-order valence-corrected chi connectivity index (χ2v) is 8.66. The van der Waals surface area contributed by atoms with Crippen LogP contribution in [0.3, 0.4) is 0 Å². The van der Waals surface area contributed by atoms with Crippen molar-refractivity contribution in [2.45, 2.75) is 39.4 Å². The topological polar surface area (TPSA) is 29.4 Å². The number of hydrogen-bond acceptors (Lipinski definition) is 2. The van der Waals surface area contributed by atoms with E-state index < -0.39 is 15.7 Å². The zero-order chi connectivity index (χ0) is 15.1. The van der Waals surface area contributed by atoms with Crippen LogP contribution in [0.4, 0.5) is 4.39 Å². The first-order chi connectivity index (χ1) is 9.21. The minimum atomic E-state index is -1.38. The van der Waals surface area contributed by atoms with Gasteiger partial charge in [0.05, 0.1) is 15.3 Å². The van der Waals surface area contributed by atoms with Crippen LogP contribution in [0.2, 0.25) is 0 Å². The van der Waals surface area contributed by atoms with Crippen molar-refractivity contribution in [2.75, 3.05) is 0 Å². The number of halogens is 1. The predicted molar refractivity (Wildman–Crippen MR) is 86.6 cm³/mol. The fourth-order valence-electron chi connectivity index (χ4n) is 1.77. The van der Waals surface area contributed by atoms with E-state index in [0.29, 0.717) is 16.0 Å². The maximum Gasteiger partial charge on any atom is 0.150 e. The quantitative estimate of drug-likeness (QED) is 0.744. The lowest BCUT2D eigenvalue weighted by molar-refractivity contribution is 0.641. The van der Waals surface area contributed by atoms with Crippen LogP contribution in [0.5, 0.6) is 0 Å². The standard InChI is InChI=1S/C15H18FNOS2/c1-9-7-6-8-11-12(16)14(19-13(9)11)10(2)17-20(18)15(3,4)5/h6-8H,1-5H3/t20-/m1/s1. The lowest BCUT2D eigenvalue weighted by Gasteiger charge is -2.13. The summed E-state index contributed by atoms with van der Waals surface area (Å²) in [4.78, 5) is 0.479. The number of nitrogens with zero attached hydrogens (tertiary/aromatic N) is 1. The molecule has 1 aromatic carbocycles. The molecule has 0 unspecified atom stereocenters. The second-order valence-electron chi connectivity index (χ2n) is 5.73. The molecule has 0 aliphatic heterocycles. The molecule has 2 nitrogen and oxygen atoms in total. The van der Waals surface area contributed by atoms with Crippen molar-refractivity contribution in [1.29, 1.82) is 0 Å². The smallest absolute Gasteiger partial charge is 0.150 e. The summed E-state index contributed by atoms with van der Waals surface area (Å²) in [5, 5.41) is 0.612. The van der Waals surface area contributed by atoms with Gasteiger partial charge in [-0.2, -0.15) is 4.40 Å². The van der Waals surface area contributed by atoms with Gasteiger partial charge in [-0.25, -0.2) is 8.60 Å². The molecule has 1 atom stereocenters. The molecule has 0 fully saturated rings. The summed E-state index contributed by atoms with van der Waals surface area (Å²) in [6.07, 6.45) is 0.